The fourth-order valence-corrected chi connectivity index (χ4v) is 4.75. The lowest BCUT2D eigenvalue weighted by molar-refractivity contribution is 0.148. The molecule has 0 fully saturated rings. The van der Waals surface area contributed by atoms with E-state index in [4.69, 9.17) is 9.47 Å². The Bertz CT molecular complexity index is 1430. The molecule has 4 heterocycles. The highest BCUT2D eigenvalue weighted by atomic mass is 16.6. The van der Waals surface area contributed by atoms with Crippen LogP contribution in [0.5, 0.6) is 11.5 Å². The van der Waals surface area contributed by atoms with Crippen LogP contribution in [0.25, 0.3) is 10.9 Å². The van der Waals surface area contributed by atoms with E-state index in [0.29, 0.717) is 43.4 Å². The summed E-state index contributed by atoms with van der Waals surface area (Å²) in [6, 6.07) is 9.57. The van der Waals surface area contributed by atoms with E-state index in [1.54, 1.807) is 6.20 Å². The van der Waals surface area contributed by atoms with Gasteiger partial charge in [-0.15, -0.1) is 5.10 Å². The normalized spacial score (nSPS) is 14.3. The second kappa shape index (κ2) is 10.3. The van der Waals surface area contributed by atoms with Crippen LogP contribution in [0.1, 0.15) is 63.5 Å². The average molecular weight is 504 g/mol. The predicted octanol–water partition coefficient (Wildman–Crippen LogP) is 3.98. The smallest absolute Gasteiger partial charge is 0.252 e. The van der Waals surface area contributed by atoms with Crippen molar-refractivity contribution in [1.82, 2.24) is 35.1 Å². The van der Waals surface area contributed by atoms with Gasteiger partial charge in [0.05, 0.1) is 17.1 Å². The Balaban J connectivity index is 1.56. The zero-order chi connectivity index (χ0) is 26.0. The van der Waals surface area contributed by atoms with Gasteiger partial charge in [-0.2, -0.15) is 0 Å². The number of benzene rings is 1. The molecule has 0 saturated heterocycles. The zero-order valence-corrected chi connectivity index (χ0v) is 21.8. The average Bonchev–Trinajstić information content (AvgIpc) is 3.37. The maximum absolute atomic E-state index is 13.3. The Labute approximate surface area is 215 Å². The number of fused-ring (bicyclic) bond motifs is 2. The zero-order valence-electron chi connectivity index (χ0n) is 21.8. The van der Waals surface area contributed by atoms with Crippen LogP contribution in [0, 0.1) is 0 Å². The van der Waals surface area contributed by atoms with Crippen molar-refractivity contribution in [2.75, 3.05) is 13.2 Å². The lowest BCUT2D eigenvalue weighted by Gasteiger charge is -2.32. The number of pyridine rings is 2. The lowest BCUT2D eigenvalue weighted by Crippen LogP contribution is -2.35. The fourth-order valence-electron chi connectivity index (χ4n) is 4.75. The van der Waals surface area contributed by atoms with Crippen molar-refractivity contribution < 1.29 is 9.47 Å². The Hall–Kier alpha value is -3.79. The van der Waals surface area contributed by atoms with E-state index in [2.05, 4.69) is 58.1 Å². The minimum atomic E-state index is -0.285. The van der Waals surface area contributed by atoms with Crippen LogP contribution in [0.2, 0.25) is 0 Å². The maximum atomic E-state index is 13.3. The van der Waals surface area contributed by atoms with Gasteiger partial charge in [-0.3, -0.25) is 14.7 Å². The molecule has 5 rings (SSSR count). The molecule has 37 heavy (non-hydrogen) atoms. The number of rotatable bonds is 8. The summed E-state index contributed by atoms with van der Waals surface area (Å²) in [5.41, 5.74) is 2.01. The molecule has 1 aromatic carbocycles. The van der Waals surface area contributed by atoms with Crippen LogP contribution in [0.4, 0.5) is 0 Å². The molecule has 1 aliphatic rings. The Kier molecular flexibility index (Phi) is 6.92. The largest absolute Gasteiger partial charge is 0.486 e. The van der Waals surface area contributed by atoms with Crippen molar-refractivity contribution in [1.29, 1.82) is 0 Å². The molecule has 0 bridgehead atoms. The van der Waals surface area contributed by atoms with Crippen molar-refractivity contribution >= 4 is 10.9 Å². The summed E-state index contributed by atoms with van der Waals surface area (Å²) in [6.07, 6.45) is 5.39. The number of hydrogen-bond acceptors (Lipinski definition) is 8. The second-order valence-electron chi connectivity index (χ2n) is 10.4. The summed E-state index contributed by atoms with van der Waals surface area (Å²) in [5.74, 6) is 2.13. The number of tetrazole rings is 1. The van der Waals surface area contributed by atoms with E-state index in [9.17, 15) is 4.79 Å². The van der Waals surface area contributed by atoms with Crippen molar-refractivity contribution in [2.24, 2.45) is 0 Å². The van der Waals surface area contributed by atoms with Gasteiger partial charge in [-0.1, -0.05) is 19.4 Å². The van der Waals surface area contributed by atoms with Crippen molar-refractivity contribution in [2.45, 2.75) is 65.2 Å². The van der Waals surface area contributed by atoms with Crippen LogP contribution >= 0.6 is 0 Å². The second-order valence-corrected chi connectivity index (χ2v) is 10.4. The summed E-state index contributed by atoms with van der Waals surface area (Å²) in [4.78, 5) is 22.9. The molecule has 3 aromatic heterocycles. The van der Waals surface area contributed by atoms with Gasteiger partial charge >= 0.3 is 0 Å². The van der Waals surface area contributed by atoms with E-state index in [0.717, 1.165) is 35.1 Å². The molecule has 1 N–H and O–H groups in total. The summed E-state index contributed by atoms with van der Waals surface area (Å²) in [5, 5.41) is 13.7. The molecule has 0 unspecified atom stereocenters. The summed E-state index contributed by atoms with van der Waals surface area (Å²) < 4.78 is 13.3. The standard InChI is InChI=1S/C27H33N7O3/c1-5-7-22(25-30-31-32-34(25)27(2,3)4)33(16-18-8-6-9-28-15-18)17-20-12-19-13-23-24(37-11-10-36-23)14-21(19)29-26(20)35/h6,8-9,12-15,22H,5,7,10-11,16-17H2,1-4H3,(H,29,35)/t22-/m1/s1. The first-order chi connectivity index (χ1) is 17.8. The number of aromatic nitrogens is 6. The van der Waals surface area contributed by atoms with Crippen LogP contribution in [-0.4, -0.2) is 48.3 Å². The van der Waals surface area contributed by atoms with Gasteiger partial charge < -0.3 is 14.5 Å². The third-order valence-corrected chi connectivity index (χ3v) is 6.50. The van der Waals surface area contributed by atoms with Crippen LogP contribution in [0.15, 0.2) is 47.5 Å². The first kappa shape index (κ1) is 24.9. The van der Waals surface area contributed by atoms with E-state index in [-0.39, 0.29) is 17.1 Å². The number of nitrogens with zero attached hydrogens (tertiary/aromatic N) is 6. The Morgan fingerprint density at radius 2 is 1.92 bits per heavy atom. The number of nitrogens with one attached hydrogen (secondary N) is 1. The van der Waals surface area contributed by atoms with Gasteiger partial charge in [0.15, 0.2) is 17.3 Å². The van der Waals surface area contributed by atoms with Crippen LogP contribution < -0.4 is 15.0 Å². The van der Waals surface area contributed by atoms with Crippen molar-refractivity contribution in [3.8, 4) is 11.5 Å². The number of ether oxygens (including phenoxy) is 2. The van der Waals surface area contributed by atoms with Gasteiger partial charge in [0.2, 0.25) is 0 Å². The molecule has 0 spiro atoms. The van der Waals surface area contributed by atoms with Gasteiger partial charge in [0.1, 0.15) is 13.2 Å². The fraction of sp³-hybridized carbons (Fsp3) is 0.444. The number of hydrogen-bond donors (Lipinski definition) is 1. The molecule has 194 valence electrons. The first-order valence-corrected chi connectivity index (χ1v) is 12.7. The van der Waals surface area contributed by atoms with Crippen LogP contribution in [0.3, 0.4) is 0 Å². The Morgan fingerprint density at radius 3 is 2.62 bits per heavy atom. The summed E-state index contributed by atoms with van der Waals surface area (Å²) in [7, 11) is 0. The van der Waals surface area contributed by atoms with Gasteiger partial charge in [0.25, 0.3) is 5.56 Å². The third kappa shape index (κ3) is 5.34. The summed E-state index contributed by atoms with van der Waals surface area (Å²) in [6.45, 7) is 10.4. The minimum absolute atomic E-state index is 0.102. The van der Waals surface area contributed by atoms with E-state index >= 15 is 0 Å². The van der Waals surface area contributed by atoms with Gasteiger partial charge in [0, 0.05) is 42.5 Å². The number of aromatic amines is 1. The van der Waals surface area contributed by atoms with Gasteiger partial charge in [-0.25, -0.2) is 4.68 Å². The predicted molar refractivity (Wildman–Crippen MR) is 140 cm³/mol. The molecule has 10 heteroatoms. The van der Waals surface area contributed by atoms with E-state index in [1.165, 1.54) is 0 Å². The molecule has 4 aromatic rings. The van der Waals surface area contributed by atoms with Crippen LogP contribution in [-0.2, 0) is 18.6 Å². The third-order valence-electron chi connectivity index (χ3n) is 6.50. The molecule has 0 amide bonds. The quantitative estimate of drug-likeness (QED) is 0.384. The minimum Gasteiger partial charge on any atom is -0.486 e. The van der Waals surface area contributed by atoms with E-state index < -0.39 is 0 Å². The molecule has 0 radical (unpaired) electrons. The molecular formula is C27H33N7O3. The number of H-pyrrole nitrogens is 1. The van der Waals surface area contributed by atoms with E-state index in [1.807, 2.05) is 41.2 Å². The highest BCUT2D eigenvalue weighted by Gasteiger charge is 2.30. The molecule has 0 aliphatic carbocycles. The topological polar surface area (TPSA) is 111 Å². The lowest BCUT2D eigenvalue weighted by atomic mass is 10.0. The van der Waals surface area contributed by atoms with Crippen molar-refractivity contribution in [3.63, 3.8) is 0 Å². The Morgan fingerprint density at radius 1 is 1.14 bits per heavy atom. The molecule has 10 nitrogen and oxygen atoms in total. The van der Waals surface area contributed by atoms with Gasteiger partial charge in [-0.05, 0) is 61.4 Å². The SMILES string of the molecule is CCC[C@H](c1nnnn1C(C)(C)C)N(Cc1cccnc1)Cc1cc2cc3c(cc2[nH]c1=O)OCCO3. The highest BCUT2D eigenvalue weighted by Crippen LogP contribution is 2.34. The van der Waals surface area contributed by atoms with Crippen molar-refractivity contribution in [3.05, 3.63) is 70.0 Å². The maximum Gasteiger partial charge on any atom is 0.252 e. The molecule has 1 aliphatic heterocycles. The summed E-state index contributed by atoms with van der Waals surface area (Å²) >= 11 is 0. The molecule has 1 atom stereocenters. The molecule has 0 saturated carbocycles. The highest BCUT2D eigenvalue weighted by molar-refractivity contribution is 5.83. The molecular weight excluding hydrogens is 470 g/mol. The first-order valence-electron chi connectivity index (χ1n) is 12.7. The monoisotopic (exact) mass is 503 g/mol.